The molecule has 0 fully saturated rings. The Morgan fingerprint density at radius 1 is 1.22 bits per heavy atom. The van der Waals surface area contributed by atoms with Crippen LogP contribution in [0.1, 0.15) is 12.5 Å². The second-order valence-electron chi connectivity index (χ2n) is 3.89. The van der Waals surface area contributed by atoms with Gasteiger partial charge in [-0.3, -0.25) is 0 Å². The maximum absolute atomic E-state index is 5.20. The van der Waals surface area contributed by atoms with Gasteiger partial charge in [0.1, 0.15) is 5.82 Å². The molecule has 0 bridgehead atoms. The lowest BCUT2D eigenvalue weighted by Gasteiger charge is -2.09. The number of benzene rings is 1. The van der Waals surface area contributed by atoms with E-state index in [1.54, 1.807) is 13.3 Å². The Morgan fingerprint density at radius 2 is 2.06 bits per heavy atom. The molecule has 1 aromatic carbocycles. The Hall–Kier alpha value is -1.94. The Balaban J connectivity index is 2.38. The number of hydrogen-bond donors (Lipinski definition) is 1. The third-order valence-electron chi connectivity index (χ3n) is 2.57. The standard InChI is InChI=1S/C14H17N3O/c1-3-15-13-8-9-16-14(17-13)12-7-5-4-6-11(12)10-18-2/h4-9H,3,10H2,1-2H3,(H,15,16,17). The van der Waals surface area contributed by atoms with Crippen LogP contribution in [0.3, 0.4) is 0 Å². The molecule has 18 heavy (non-hydrogen) atoms. The van der Waals surface area contributed by atoms with Gasteiger partial charge in [0.2, 0.25) is 0 Å². The third kappa shape index (κ3) is 2.84. The number of methoxy groups -OCH3 is 1. The van der Waals surface area contributed by atoms with Crippen molar-refractivity contribution in [3.05, 3.63) is 42.1 Å². The van der Waals surface area contributed by atoms with Gasteiger partial charge in [-0.1, -0.05) is 24.3 Å². The predicted molar refractivity (Wildman–Crippen MR) is 72.3 cm³/mol. The van der Waals surface area contributed by atoms with Crippen LogP contribution < -0.4 is 5.32 Å². The van der Waals surface area contributed by atoms with Crippen LogP contribution in [0.5, 0.6) is 0 Å². The second kappa shape index (κ2) is 6.12. The summed E-state index contributed by atoms with van der Waals surface area (Å²) in [6.07, 6.45) is 1.77. The molecule has 4 heteroatoms. The van der Waals surface area contributed by atoms with Crippen LogP contribution in [0.4, 0.5) is 5.82 Å². The molecule has 0 spiro atoms. The fraction of sp³-hybridized carbons (Fsp3) is 0.286. The molecule has 0 saturated carbocycles. The van der Waals surface area contributed by atoms with Gasteiger partial charge in [0, 0.05) is 25.4 Å². The second-order valence-corrected chi connectivity index (χ2v) is 3.89. The van der Waals surface area contributed by atoms with Gasteiger partial charge in [-0.05, 0) is 18.6 Å². The van der Waals surface area contributed by atoms with Crippen LogP contribution >= 0.6 is 0 Å². The molecule has 0 saturated heterocycles. The van der Waals surface area contributed by atoms with Gasteiger partial charge < -0.3 is 10.1 Å². The molecule has 4 nitrogen and oxygen atoms in total. The van der Waals surface area contributed by atoms with Crippen molar-refractivity contribution in [3.8, 4) is 11.4 Å². The molecular formula is C14H17N3O. The maximum atomic E-state index is 5.20. The predicted octanol–water partition coefficient (Wildman–Crippen LogP) is 2.72. The topological polar surface area (TPSA) is 47.0 Å². The largest absolute Gasteiger partial charge is 0.380 e. The summed E-state index contributed by atoms with van der Waals surface area (Å²) >= 11 is 0. The highest BCUT2D eigenvalue weighted by Crippen LogP contribution is 2.21. The molecule has 2 rings (SSSR count). The summed E-state index contributed by atoms with van der Waals surface area (Å²) in [5.74, 6) is 1.57. The SMILES string of the molecule is CCNc1ccnc(-c2ccccc2COC)n1. The highest BCUT2D eigenvalue weighted by Gasteiger charge is 2.07. The van der Waals surface area contributed by atoms with Gasteiger partial charge in [0.05, 0.1) is 6.61 Å². The van der Waals surface area contributed by atoms with Crippen LogP contribution in [0.25, 0.3) is 11.4 Å². The zero-order valence-corrected chi connectivity index (χ0v) is 10.7. The van der Waals surface area contributed by atoms with Crippen molar-refractivity contribution in [2.75, 3.05) is 19.0 Å². The van der Waals surface area contributed by atoms with E-state index in [2.05, 4.69) is 15.3 Å². The summed E-state index contributed by atoms with van der Waals surface area (Å²) in [5.41, 5.74) is 2.10. The van der Waals surface area contributed by atoms with E-state index in [4.69, 9.17) is 4.74 Å². The molecule has 0 amide bonds. The summed E-state index contributed by atoms with van der Waals surface area (Å²) in [6, 6.07) is 9.89. The van der Waals surface area contributed by atoms with E-state index in [1.807, 2.05) is 37.3 Å². The summed E-state index contributed by atoms with van der Waals surface area (Å²) < 4.78 is 5.20. The molecule has 1 N–H and O–H groups in total. The highest BCUT2D eigenvalue weighted by molar-refractivity contribution is 5.61. The van der Waals surface area contributed by atoms with E-state index in [-0.39, 0.29) is 0 Å². The lowest BCUT2D eigenvalue weighted by molar-refractivity contribution is 0.185. The quantitative estimate of drug-likeness (QED) is 0.877. The minimum Gasteiger partial charge on any atom is -0.380 e. The average molecular weight is 243 g/mol. The monoisotopic (exact) mass is 243 g/mol. The Labute approximate surface area is 107 Å². The number of ether oxygens (including phenoxy) is 1. The molecule has 0 unspecified atom stereocenters. The van der Waals surface area contributed by atoms with Crippen LogP contribution in [-0.4, -0.2) is 23.6 Å². The van der Waals surface area contributed by atoms with Gasteiger partial charge in [-0.15, -0.1) is 0 Å². The van der Waals surface area contributed by atoms with Gasteiger partial charge in [0.25, 0.3) is 0 Å². The summed E-state index contributed by atoms with van der Waals surface area (Å²) in [4.78, 5) is 8.83. The minimum absolute atomic E-state index is 0.560. The molecule has 0 radical (unpaired) electrons. The first kappa shape index (κ1) is 12.5. The van der Waals surface area contributed by atoms with Crippen molar-refractivity contribution in [2.24, 2.45) is 0 Å². The normalized spacial score (nSPS) is 10.3. The molecule has 1 heterocycles. The summed E-state index contributed by atoms with van der Waals surface area (Å²) in [5, 5.41) is 3.19. The van der Waals surface area contributed by atoms with Gasteiger partial charge >= 0.3 is 0 Å². The number of hydrogen-bond acceptors (Lipinski definition) is 4. The maximum Gasteiger partial charge on any atom is 0.161 e. The number of aromatic nitrogens is 2. The zero-order valence-electron chi connectivity index (χ0n) is 10.7. The van der Waals surface area contributed by atoms with Crippen molar-refractivity contribution >= 4 is 5.82 Å². The third-order valence-corrected chi connectivity index (χ3v) is 2.57. The Bertz CT molecular complexity index is 514. The van der Waals surface area contributed by atoms with E-state index in [9.17, 15) is 0 Å². The number of anilines is 1. The van der Waals surface area contributed by atoms with Crippen LogP contribution in [0.15, 0.2) is 36.5 Å². The van der Waals surface area contributed by atoms with Crippen LogP contribution in [-0.2, 0) is 11.3 Å². The lowest BCUT2D eigenvalue weighted by Crippen LogP contribution is -2.02. The Morgan fingerprint density at radius 3 is 2.83 bits per heavy atom. The summed E-state index contributed by atoms with van der Waals surface area (Å²) in [7, 11) is 1.69. The van der Waals surface area contributed by atoms with Crippen molar-refractivity contribution in [1.82, 2.24) is 9.97 Å². The minimum atomic E-state index is 0.560. The number of rotatable bonds is 5. The molecule has 0 aliphatic carbocycles. The molecular weight excluding hydrogens is 226 g/mol. The molecule has 0 atom stereocenters. The van der Waals surface area contributed by atoms with Crippen molar-refractivity contribution in [1.29, 1.82) is 0 Å². The van der Waals surface area contributed by atoms with Crippen LogP contribution in [0.2, 0.25) is 0 Å². The summed E-state index contributed by atoms with van der Waals surface area (Å²) in [6.45, 7) is 3.45. The Kier molecular flexibility index (Phi) is 4.25. The van der Waals surface area contributed by atoms with Gasteiger partial charge in [0.15, 0.2) is 5.82 Å². The molecule has 0 aliphatic rings. The molecule has 2 aromatic rings. The number of nitrogens with zero attached hydrogens (tertiary/aromatic N) is 2. The average Bonchev–Trinajstić information content (AvgIpc) is 2.40. The molecule has 0 aliphatic heterocycles. The van der Waals surface area contributed by atoms with E-state index in [0.717, 1.165) is 29.3 Å². The van der Waals surface area contributed by atoms with E-state index in [1.165, 1.54) is 0 Å². The van der Waals surface area contributed by atoms with Crippen molar-refractivity contribution in [2.45, 2.75) is 13.5 Å². The lowest BCUT2D eigenvalue weighted by atomic mass is 10.1. The van der Waals surface area contributed by atoms with E-state index < -0.39 is 0 Å². The van der Waals surface area contributed by atoms with Gasteiger partial charge in [-0.2, -0.15) is 0 Å². The van der Waals surface area contributed by atoms with E-state index in [0.29, 0.717) is 6.61 Å². The molecule has 94 valence electrons. The molecule has 1 aromatic heterocycles. The highest BCUT2D eigenvalue weighted by atomic mass is 16.5. The fourth-order valence-electron chi connectivity index (χ4n) is 1.79. The fourth-order valence-corrected chi connectivity index (χ4v) is 1.79. The first-order valence-electron chi connectivity index (χ1n) is 5.99. The first-order valence-corrected chi connectivity index (χ1v) is 5.99. The smallest absolute Gasteiger partial charge is 0.161 e. The number of nitrogens with one attached hydrogen (secondary N) is 1. The van der Waals surface area contributed by atoms with Crippen molar-refractivity contribution in [3.63, 3.8) is 0 Å². The van der Waals surface area contributed by atoms with Crippen molar-refractivity contribution < 1.29 is 4.74 Å². The van der Waals surface area contributed by atoms with Gasteiger partial charge in [-0.25, -0.2) is 9.97 Å². The van der Waals surface area contributed by atoms with E-state index >= 15 is 0 Å². The zero-order chi connectivity index (χ0) is 12.8. The van der Waals surface area contributed by atoms with Crippen LogP contribution in [0, 0.1) is 0 Å². The first-order chi connectivity index (χ1) is 8.85.